The lowest BCUT2D eigenvalue weighted by atomic mass is 10.2. The topological polar surface area (TPSA) is 97.8 Å². The average molecular weight is 482 g/mol. The molecule has 178 valence electrons. The minimum absolute atomic E-state index is 0.0919. The van der Waals surface area contributed by atoms with Gasteiger partial charge in [-0.1, -0.05) is 24.6 Å². The molecule has 2 aromatic carbocycles. The number of nitrogens with zero attached hydrogens (tertiary/aromatic N) is 2. The van der Waals surface area contributed by atoms with Crippen molar-refractivity contribution >= 4 is 21.6 Å². The molecule has 4 rings (SSSR count). The summed E-state index contributed by atoms with van der Waals surface area (Å²) in [5.41, 5.74) is 1.13. The van der Waals surface area contributed by atoms with Crippen LogP contribution in [0.3, 0.4) is 0 Å². The number of carbonyl (C=O) groups is 1. The number of amides is 1. The van der Waals surface area contributed by atoms with Gasteiger partial charge in [-0.3, -0.25) is 4.79 Å². The second-order valence-electron chi connectivity index (χ2n) is 7.99. The summed E-state index contributed by atoms with van der Waals surface area (Å²) < 4.78 is 39.4. The Kier molecular flexibility index (Phi) is 7.14. The average Bonchev–Trinajstić information content (AvgIpc) is 2.85. The first-order valence-corrected chi connectivity index (χ1v) is 12.5. The molecule has 1 saturated heterocycles. The Balaban J connectivity index is 1.72. The van der Waals surface area contributed by atoms with Gasteiger partial charge in [-0.05, 0) is 62.2 Å². The number of hydrogen-bond donors (Lipinski definition) is 1. The van der Waals surface area contributed by atoms with Crippen molar-refractivity contribution in [1.29, 1.82) is 0 Å². The van der Waals surface area contributed by atoms with Gasteiger partial charge in [-0.15, -0.1) is 0 Å². The smallest absolute Gasteiger partial charge is 0.274 e. The van der Waals surface area contributed by atoms with Gasteiger partial charge >= 0.3 is 0 Å². The largest absolute Gasteiger partial charge is 0.493 e. The molecule has 0 bridgehead atoms. The van der Waals surface area contributed by atoms with Gasteiger partial charge in [0.2, 0.25) is 10.0 Å². The van der Waals surface area contributed by atoms with E-state index in [2.05, 4.69) is 10.3 Å². The quantitative estimate of drug-likeness (QED) is 0.529. The number of sulfonamides is 1. The van der Waals surface area contributed by atoms with Crippen LogP contribution in [-0.2, 0) is 10.0 Å². The summed E-state index contributed by atoms with van der Waals surface area (Å²) in [5.74, 6) is 0.746. The molecule has 2 heterocycles. The molecular weight excluding hydrogens is 454 g/mol. The van der Waals surface area contributed by atoms with Crippen LogP contribution in [-0.4, -0.2) is 43.8 Å². The number of hydrogen-bond acceptors (Lipinski definition) is 6. The zero-order chi connectivity index (χ0) is 24.1. The van der Waals surface area contributed by atoms with E-state index >= 15 is 0 Å². The third kappa shape index (κ3) is 5.21. The highest BCUT2D eigenvalue weighted by Gasteiger charge is 2.27. The zero-order valence-corrected chi connectivity index (χ0v) is 20.0. The van der Waals surface area contributed by atoms with E-state index in [0.717, 1.165) is 19.3 Å². The predicted molar refractivity (Wildman–Crippen MR) is 129 cm³/mol. The zero-order valence-electron chi connectivity index (χ0n) is 19.2. The standard InChI is InChI=1S/C25H27N3O5S/c1-18-9-8-10-20(26-18)25(29)27-21-17-19(34(30,31)28-15-6-3-7-16-28)13-14-22(21)33-24-12-5-4-11-23(24)32-2/h4-5,8-14,17H,3,6-7,15-16H2,1-2H3,(H,27,29). The van der Waals surface area contributed by atoms with E-state index in [9.17, 15) is 13.2 Å². The predicted octanol–water partition coefficient (Wildman–Crippen LogP) is 4.62. The number of piperidine rings is 1. The van der Waals surface area contributed by atoms with E-state index in [4.69, 9.17) is 9.47 Å². The van der Waals surface area contributed by atoms with E-state index in [1.807, 2.05) is 6.07 Å². The molecule has 0 unspecified atom stereocenters. The number of ether oxygens (including phenoxy) is 2. The van der Waals surface area contributed by atoms with Crippen LogP contribution in [0.25, 0.3) is 0 Å². The number of para-hydroxylation sites is 2. The molecule has 0 atom stereocenters. The summed E-state index contributed by atoms with van der Waals surface area (Å²) in [6.45, 7) is 2.76. The van der Waals surface area contributed by atoms with Crippen LogP contribution in [0.2, 0.25) is 0 Å². The van der Waals surface area contributed by atoms with Crippen LogP contribution in [0.4, 0.5) is 5.69 Å². The van der Waals surface area contributed by atoms with Crippen LogP contribution < -0.4 is 14.8 Å². The van der Waals surface area contributed by atoms with E-state index < -0.39 is 15.9 Å². The van der Waals surface area contributed by atoms with E-state index in [-0.39, 0.29) is 22.0 Å². The van der Waals surface area contributed by atoms with Crippen molar-refractivity contribution < 1.29 is 22.7 Å². The van der Waals surface area contributed by atoms with Gasteiger partial charge in [0.25, 0.3) is 5.91 Å². The van der Waals surface area contributed by atoms with Crippen LogP contribution in [0, 0.1) is 6.92 Å². The van der Waals surface area contributed by atoms with Gasteiger partial charge in [0, 0.05) is 18.8 Å². The first-order valence-electron chi connectivity index (χ1n) is 11.1. The Morgan fingerprint density at radius 2 is 1.68 bits per heavy atom. The van der Waals surface area contributed by atoms with E-state index in [1.165, 1.54) is 23.5 Å². The second-order valence-corrected chi connectivity index (χ2v) is 9.93. The minimum atomic E-state index is -3.71. The lowest BCUT2D eigenvalue weighted by Gasteiger charge is -2.26. The van der Waals surface area contributed by atoms with Crippen molar-refractivity contribution in [3.05, 3.63) is 72.1 Å². The third-order valence-electron chi connectivity index (χ3n) is 5.56. The first kappa shape index (κ1) is 23.7. The van der Waals surface area contributed by atoms with Gasteiger partial charge in [0.15, 0.2) is 17.2 Å². The van der Waals surface area contributed by atoms with Gasteiger partial charge < -0.3 is 14.8 Å². The van der Waals surface area contributed by atoms with E-state index in [1.54, 1.807) is 49.4 Å². The molecule has 0 aliphatic carbocycles. The number of rotatable bonds is 7. The van der Waals surface area contributed by atoms with E-state index in [0.29, 0.717) is 30.3 Å². The Hall–Kier alpha value is -3.43. The molecule has 3 aromatic rings. The number of methoxy groups -OCH3 is 1. The van der Waals surface area contributed by atoms with Crippen LogP contribution in [0.15, 0.2) is 65.6 Å². The maximum atomic E-state index is 13.2. The molecule has 9 heteroatoms. The van der Waals surface area contributed by atoms with Gasteiger partial charge in [0.05, 0.1) is 17.7 Å². The molecule has 1 aromatic heterocycles. The van der Waals surface area contributed by atoms with Crippen molar-refractivity contribution in [2.24, 2.45) is 0 Å². The van der Waals surface area contributed by atoms with Crippen molar-refractivity contribution in [3.8, 4) is 17.2 Å². The first-order chi connectivity index (χ1) is 16.4. The van der Waals surface area contributed by atoms with Gasteiger partial charge in [-0.25, -0.2) is 13.4 Å². The molecule has 1 amide bonds. The molecular formula is C25H27N3O5S. The minimum Gasteiger partial charge on any atom is -0.493 e. The van der Waals surface area contributed by atoms with Crippen molar-refractivity contribution in [3.63, 3.8) is 0 Å². The molecule has 0 saturated carbocycles. The fourth-order valence-electron chi connectivity index (χ4n) is 3.79. The van der Waals surface area contributed by atoms with Gasteiger partial charge in [0.1, 0.15) is 5.69 Å². The van der Waals surface area contributed by atoms with Crippen molar-refractivity contribution in [2.75, 3.05) is 25.5 Å². The lowest BCUT2D eigenvalue weighted by Crippen LogP contribution is -2.35. The lowest BCUT2D eigenvalue weighted by molar-refractivity contribution is 0.102. The number of aromatic nitrogens is 1. The van der Waals surface area contributed by atoms with Crippen LogP contribution in [0.5, 0.6) is 17.2 Å². The number of carbonyl (C=O) groups excluding carboxylic acids is 1. The fraction of sp³-hybridized carbons (Fsp3) is 0.280. The number of pyridine rings is 1. The summed E-state index contributed by atoms with van der Waals surface area (Å²) in [6.07, 6.45) is 2.68. The molecule has 1 aliphatic heterocycles. The number of aryl methyl sites for hydroxylation is 1. The normalized spacial score (nSPS) is 14.4. The Bertz CT molecular complexity index is 1290. The maximum Gasteiger partial charge on any atom is 0.274 e. The summed E-state index contributed by atoms with van der Waals surface area (Å²) in [7, 11) is -2.18. The molecule has 0 radical (unpaired) electrons. The van der Waals surface area contributed by atoms with Crippen LogP contribution in [0.1, 0.15) is 35.4 Å². The fourth-order valence-corrected chi connectivity index (χ4v) is 5.33. The van der Waals surface area contributed by atoms with Crippen molar-refractivity contribution in [2.45, 2.75) is 31.1 Å². The molecule has 1 N–H and O–H groups in total. The highest BCUT2D eigenvalue weighted by Crippen LogP contribution is 2.37. The highest BCUT2D eigenvalue weighted by molar-refractivity contribution is 7.89. The molecule has 1 aliphatic rings. The Morgan fingerprint density at radius 3 is 2.38 bits per heavy atom. The van der Waals surface area contributed by atoms with Gasteiger partial charge in [-0.2, -0.15) is 4.31 Å². The number of benzene rings is 2. The number of anilines is 1. The molecule has 34 heavy (non-hydrogen) atoms. The molecule has 1 fully saturated rings. The highest BCUT2D eigenvalue weighted by atomic mass is 32.2. The number of nitrogens with one attached hydrogen (secondary N) is 1. The Labute approximate surface area is 199 Å². The summed E-state index contributed by atoms with van der Waals surface area (Å²) in [5, 5.41) is 2.78. The summed E-state index contributed by atoms with van der Waals surface area (Å²) in [4.78, 5) is 17.3. The summed E-state index contributed by atoms with van der Waals surface area (Å²) >= 11 is 0. The van der Waals surface area contributed by atoms with Crippen LogP contribution >= 0.6 is 0 Å². The summed E-state index contributed by atoms with van der Waals surface area (Å²) in [6, 6.07) is 16.7. The second kappa shape index (κ2) is 10.2. The Morgan fingerprint density at radius 1 is 0.941 bits per heavy atom. The van der Waals surface area contributed by atoms with Crippen molar-refractivity contribution in [1.82, 2.24) is 9.29 Å². The SMILES string of the molecule is COc1ccccc1Oc1ccc(S(=O)(=O)N2CCCCC2)cc1NC(=O)c1cccc(C)n1. The molecule has 0 spiro atoms. The maximum absolute atomic E-state index is 13.2. The monoisotopic (exact) mass is 481 g/mol. The molecule has 8 nitrogen and oxygen atoms in total. The third-order valence-corrected chi connectivity index (χ3v) is 7.46.